The first kappa shape index (κ1) is 28.1. The van der Waals surface area contributed by atoms with Gasteiger partial charge in [0.15, 0.2) is 0 Å². The lowest BCUT2D eigenvalue weighted by Crippen LogP contribution is -2.53. The van der Waals surface area contributed by atoms with Crippen LogP contribution in [0.4, 0.5) is 5.69 Å². The fraction of sp³-hybridized carbons (Fsp3) is 0.200. The van der Waals surface area contributed by atoms with Crippen LogP contribution in [0.25, 0.3) is 0 Å². The molecule has 0 N–H and O–H groups in total. The highest BCUT2D eigenvalue weighted by Crippen LogP contribution is 2.52. The van der Waals surface area contributed by atoms with Crippen molar-refractivity contribution in [1.29, 1.82) is 0 Å². The fourth-order valence-corrected chi connectivity index (χ4v) is 6.61. The minimum absolute atomic E-state index is 0.0966. The SMILES string of the molecule is C=CC=C(C=CCC)N1C(=O)C2C(c3ccc(Cl)cc3)C=C3CC(c4ccc(Cl)cc4)N(c4ccccc4)N3C2C1=O. The number of imide groups is 1. The predicted molar refractivity (Wildman–Crippen MR) is 169 cm³/mol. The molecule has 6 rings (SSSR count). The zero-order valence-corrected chi connectivity index (χ0v) is 24.7. The lowest BCUT2D eigenvalue weighted by molar-refractivity contribution is -0.137. The molecule has 212 valence electrons. The zero-order valence-electron chi connectivity index (χ0n) is 23.2. The van der Waals surface area contributed by atoms with E-state index in [1.54, 1.807) is 12.2 Å². The molecule has 0 spiro atoms. The molecule has 3 aromatic rings. The molecule has 5 nitrogen and oxygen atoms in total. The second kappa shape index (κ2) is 11.7. The third-order valence-electron chi connectivity index (χ3n) is 8.17. The summed E-state index contributed by atoms with van der Waals surface area (Å²) in [6.45, 7) is 5.85. The third-order valence-corrected chi connectivity index (χ3v) is 8.67. The van der Waals surface area contributed by atoms with Crippen LogP contribution >= 0.6 is 23.2 Å². The maximum absolute atomic E-state index is 14.5. The van der Waals surface area contributed by atoms with Gasteiger partial charge in [-0.3, -0.25) is 19.6 Å². The van der Waals surface area contributed by atoms with Crippen LogP contribution in [0.1, 0.15) is 42.9 Å². The number of hydrogen-bond donors (Lipinski definition) is 0. The van der Waals surface area contributed by atoms with Crippen LogP contribution in [0.15, 0.2) is 127 Å². The first-order chi connectivity index (χ1) is 20.4. The average Bonchev–Trinajstić information content (AvgIpc) is 3.51. The molecule has 0 radical (unpaired) electrons. The van der Waals surface area contributed by atoms with Crippen LogP contribution in [0.2, 0.25) is 10.0 Å². The largest absolute Gasteiger partial charge is 0.277 e. The molecule has 2 amide bonds. The van der Waals surface area contributed by atoms with Crippen molar-refractivity contribution in [3.8, 4) is 0 Å². The minimum Gasteiger partial charge on any atom is -0.277 e. The first-order valence-corrected chi connectivity index (χ1v) is 14.9. The van der Waals surface area contributed by atoms with Gasteiger partial charge in [0.05, 0.1) is 23.3 Å². The van der Waals surface area contributed by atoms with Crippen molar-refractivity contribution in [2.24, 2.45) is 5.92 Å². The van der Waals surface area contributed by atoms with Crippen molar-refractivity contribution in [2.45, 2.75) is 37.8 Å². The van der Waals surface area contributed by atoms with Crippen LogP contribution < -0.4 is 5.01 Å². The summed E-state index contributed by atoms with van der Waals surface area (Å²) in [6.07, 6.45) is 10.7. The maximum atomic E-state index is 14.5. The summed E-state index contributed by atoms with van der Waals surface area (Å²) in [6, 6.07) is 24.6. The van der Waals surface area contributed by atoms with Gasteiger partial charge in [-0.2, -0.15) is 0 Å². The Morgan fingerprint density at radius 1 is 0.881 bits per heavy atom. The molecule has 2 fully saturated rings. The molecular formula is C35H31Cl2N3O2. The number of amides is 2. The summed E-state index contributed by atoms with van der Waals surface area (Å²) >= 11 is 12.5. The lowest BCUT2D eigenvalue weighted by Gasteiger charge is -2.43. The quantitative estimate of drug-likeness (QED) is 0.204. The van der Waals surface area contributed by atoms with E-state index in [-0.39, 0.29) is 23.8 Å². The summed E-state index contributed by atoms with van der Waals surface area (Å²) in [5.41, 5.74) is 4.48. The standard InChI is InChI=1S/C35H31Cl2N3O2/c1-3-5-10-27(9-4-2)38-34(41)32-30(23-13-17-25(36)18-14-23)21-29-22-31(24-15-19-26(37)20-16-24)39(28-11-7-6-8-12-28)40(29)33(32)35(38)42/h4-21,30-33H,2-3,22H2,1H3. The molecular weight excluding hydrogens is 565 g/mol. The molecule has 0 aliphatic carbocycles. The fourth-order valence-electron chi connectivity index (χ4n) is 6.36. The lowest BCUT2D eigenvalue weighted by atomic mass is 9.78. The molecule has 0 bridgehead atoms. The molecule has 42 heavy (non-hydrogen) atoms. The molecule has 3 aromatic carbocycles. The highest BCUT2D eigenvalue weighted by Gasteiger charge is 2.60. The summed E-state index contributed by atoms with van der Waals surface area (Å²) in [7, 11) is 0. The van der Waals surface area contributed by atoms with E-state index in [0.29, 0.717) is 22.2 Å². The maximum Gasteiger partial charge on any atom is 0.259 e. The van der Waals surface area contributed by atoms with E-state index in [2.05, 4.69) is 22.7 Å². The third kappa shape index (κ3) is 4.87. The monoisotopic (exact) mass is 595 g/mol. The van der Waals surface area contributed by atoms with Crippen LogP contribution in [0.5, 0.6) is 0 Å². The van der Waals surface area contributed by atoms with Gasteiger partial charge in [-0.15, -0.1) is 0 Å². The number of anilines is 1. The van der Waals surface area contributed by atoms with Crippen LogP contribution in [-0.4, -0.2) is 27.8 Å². The molecule has 0 saturated carbocycles. The van der Waals surface area contributed by atoms with Crippen LogP contribution in [0.3, 0.4) is 0 Å². The molecule has 3 aliphatic rings. The van der Waals surface area contributed by atoms with E-state index in [1.807, 2.05) is 97.9 Å². The summed E-state index contributed by atoms with van der Waals surface area (Å²) in [5, 5.41) is 5.53. The van der Waals surface area contributed by atoms with Gasteiger partial charge < -0.3 is 0 Å². The molecule has 7 heteroatoms. The second-order valence-electron chi connectivity index (χ2n) is 10.7. The average molecular weight is 597 g/mol. The molecule has 2 saturated heterocycles. The van der Waals surface area contributed by atoms with Crippen molar-refractivity contribution < 1.29 is 9.59 Å². The van der Waals surface area contributed by atoms with Crippen LogP contribution in [-0.2, 0) is 9.59 Å². The van der Waals surface area contributed by atoms with Crippen molar-refractivity contribution >= 4 is 40.7 Å². The van der Waals surface area contributed by atoms with Gasteiger partial charge in [0.25, 0.3) is 5.91 Å². The van der Waals surface area contributed by atoms with Gasteiger partial charge in [-0.1, -0.05) is 97.4 Å². The van der Waals surface area contributed by atoms with Gasteiger partial charge in [0, 0.05) is 28.1 Å². The Kier molecular flexibility index (Phi) is 7.80. The predicted octanol–water partition coefficient (Wildman–Crippen LogP) is 8.23. The Labute approximate surface area is 256 Å². The first-order valence-electron chi connectivity index (χ1n) is 14.1. The van der Waals surface area contributed by atoms with E-state index in [9.17, 15) is 9.59 Å². The van der Waals surface area contributed by atoms with Gasteiger partial charge in [0.1, 0.15) is 6.04 Å². The van der Waals surface area contributed by atoms with Crippen molar-refractivity contribution in [1.82, 2.24) is 9.91 Å². The number of nitrogens with zero attached hydrogens (tertiary/aromatic N) is 3. The number of likely N-dealkylation sites (tertiary alicyclic amines) is 1. The second-order valence-corrected chi connectivity index (χ2v) is 11.5. The van der Waals surface area contributed by atoms with E-state index in [4.69, 9.17) is 23.2 Å². The number of benzene rings is 3. The number of carbonyl (C=O) groups is 2. The van der Waals surface area contributed by atoms with Crippen molar-refractivity contribution in [3.05, 3.63) is 148 Å². The Balaban J connectivity index is 1.54. The number of allylic oxidation sites excluding steroid dienone is 5. The molecule has 3 aliphatic heterocycles. The molecule has 4 atom stereocenters. The normalized spacial score (nSPS) is 23.8. The number of para-hydroxylation sites is 1. The summed E-state index contributed by atoms with van der Waals surface area (Å²) in [5.74, 6) is -1.42. The Morgan fingerprint density at radius 3 is 2.14 bits per heavy atom. The Hall–Kier alpha value is -4.06. The molecule has 4 unspecified atom stereocenters. The van der Waals surface area contributed by atoms with Crippen LogP contribution in [0, 0.1) is 5.92 Å². The van der Waals surface area contributed by atoms with Crippen molar-refractivity contribution in [3.63, 3.8) is 0 Å². The molecule has 3 heterocycles. The Morgan fingerprint density at radius 2 is 1.52 bits per heavy atom. The number of halogens is 2. The highest BCUT2D eigenvalue weighted by molar-refractivity contribution is 6.30. The highest BCUT2D eigenvalue weighted by atomic mass is 35.5. The van der Waals surface area contributed by atoms with E-state index < -0.39 is 12.0 Å². The summed E-state index contributed by atoms with van der Waals surface area (Å²) < 4.78 is 0. The Bertz CT molecular complexity index is 1600. The zero-order chi connectivity index (χ0) is 29.4. The van der Waals surface area contributed by atoms with Gasteiger partial charge in [-0.05, 0) is 66.1 Å². The number of hydrogen-bond acceptors (Lipinski definition) is 4. The van der Waals surface area contributed by atoms with Crippen molar-refractivity contribution in [2.75, 3.05) is 5.01 Å². The van der Waals surface area contributed by atoms with Gasteiger partial charge in [-0.25, -0.2) is 4.90 Å². The summed E-state index contributed by atoms with van der Waals surface area (Å²) in [4.78, 5) is 30.3. The number of carbonyl (C=O) groups excluding carboxylic acids is 2. The van der Waals surface area contributed by atoms with E-state index in [0.717, 1.165) is 28.9 Å². The van der Waals surface area contributed by atoms with Gasteiger partial charge >= 0.3 is 0 Å². The topological polar surface area (TPSA) is 43.9 Å². The molecule has 0 aromatic heterocycles. The number of rotatable bonds is 7. The smallest absolute Gasteiger partial charge is 0.259 e. The van der Waals surface area contributed by atoms with E-state index in [1.165, 1.54) is 4.90 Å². The minimum atomic E-state index is -0.737. The van der Waals surface area contributed by atoms with E-state index >= 15 is 0 Å². The number of hydrazine groups is 1. The van der Waals surface area contributed by atoms with Gasteiger partial charge in [0.2, 0.25) is 5.91 Å². The number of fused-ring (bicyclic) bond motifs is 3.